The zero-order valence-electron chi connectivity index (χ0n) is 19.0. The fraction of sp³-hybridized carbons (Fsp3) is 0.261. The molecule has 0 amide bonds. The highest BCUT2D eigenvalue weighted by Gasteiger charge is 2.40. The summed E-state index contributed by atoms with van der Waals surface area (Å²) in [5.41, 5.74) is -3.35. The predicted molar refractivity (Wildman–Crippen MR) is 119 cm³/mol. The molecule has 0 unspecified atom stereocenters. The monoisotopic (exact) mass is 546 g/mol. The van der Waals surface area contributed by atoms with Gasteiger partial charge in [-0.3, -0.25) is 4.98 Å². The van der Waals surface area contributed by atoms with Crippen LogP contribution in [-0.4, -0.2) is 44.5 Å². The van der Waals surface area contributed by atoms with Crippen molar-refractivity contribution < 1.29 is 40.9 Å². The number of aryl methyl sites for hydroxylation is 1. The Labute approximate surface area is 210 Å². The molecule has 0 radical (unpaired) electrons. The smallest absolute Gasteiger partial charge is 0.433 e. The van der Waals surface area contributed by atoms with Crippen molar-refractivity contribution in [1.82, 2.24) is 19.5 Å². The van der Waals surface area contributed by atoms with Crippen molar-refractivity contribution in [3.05, 3.63) is 76.6 Å². The number of nitrogens with zero attached hydrogens (tertiary/aromatic N) is 4. The summed E-state index contributed by atoms with van der Waals surface area (Å²) >= 11 is 6.39. The first-order valence-electron chi connectivity index (χ1n) is 10.4. The van der Waals surface area contributed by atoms with Gasteiger partial charge in [-0.05, 0) is 35.4 Å². The summed E-state index contributed by atoms with van der Waals surface area (Å²) in [6, 6.07) is 5.98. The SMILES string of the molecule is COc1nc2ccc([C@@](O)(c3ccnc(C(F)(F)F)c3)c3cncn3C)cc2c(Cl)c1OCC(F)(F)F. The third kappa shape index (κ3) is 5.01. The molecule has 0 bridgehead atoms. The van der Waals surface area contributed by atoms with Gasteiger partial charge in [-0.15, -0.1) is 0 Å². The second kappa shape index (κ2) is 9.38. The second-order valence-corrected chi connectivity index (χ2v) is 8.31. The van der Waals surface area contributed by atoms with Crippen LogP contribution in [0.5, 0.6) is 11.6 Å². The summed E-state index contributed by atoms with van der Waals surface area (Å²) in [5, 5.41) is 11.7. The number of aliphatic hydroxyl groups is 1. The zero-order valence-corrected chi connectivity index (χ0v) is 19.8. The van der Waals surface area contributed by atoms with Crippen LogP contribution in [0.1, 0.15) is 22.5 Å². The molecule has 0 saturated heterocycles. The van der Waals surface area contributed by atoms with E-state index in [0.29, 0.717) is 6.07 Å². The second-order valence-electron chi connectivity index (χ2n) is 7.93. The van der Waals surface area contributed by atoms with Crippen LogP contribution in [0.4, 0.5) is 26.3 Å². The van der Waals surface area contributed by atoms with Crippen molar-refractivity contribution in [2.45, 2.75) is 18.0 Å². The van der Waals surface area contributed by atoms with Crippen LogP contribution in [0.25, 0.3) is 10.9 Å². The molecule has 3 heterocycles. The largest absolute Gasteiger partial charge is 0.478 e. The lowest BCUT2D eigenvalue weighted by atomic mass is 9.83. The van der Waals surface area contributed by atoms with E-state index in [9.17, 15) is 31.4 Å². The molecule has 4 aromatic rings. The van der Waals surface area contributed by atoms with E-state index in [-0.39, 0.29) is 38.6 Å². The molecule has 0 fully saturated rings. The van der Waals surface area contributed by atoms with Crippen LogP contribution in [0.3, 0.4) is 0 Å². The molecule has 1 aromatic carbocycles. The van der Waals surface area contributed by atoms with E-state index in [1.807, 2.05) is 0 Å². The summed E-state index contributed by atoms with van der Waals surface area (Å²) in [6.45, 7) is -1.67. The van der Waals surface area contributed by atoms with Gasteiger partial charge in [0.25, 0.3) is 5.88 Å². The van der Waals surface area contributed by atoms with E-state index in [1.54, 1.807) is 0 Å². The molecule has 1 N–H and O–H groups in total. The quantitative estimate of drug-likeness (QED) is 0.332. The average Bonchev–Trinajstić information content (AvgIpc) is 3.27. The Balaban J connectivity index is 1.96. The molecule has 14 heteroatoms. The molecule has 37 heavy (non-hydrogen) atoms. The maximum Gasteiger partial charge on any atom is 0.433 e. The summed E-state index contributed by atoms with van der Waals surface area (Å²) in [4.78, 5) is 11.4. The maximum absolute atomic E-state index is 13.4. The zero-order chi connectivity index (χ0) is 27.2. The number of hydrogen-bond acceptors (Lipinski definition) is 6. The van der Waals surface area contributed by atoms with Gasteiger partial charge in [0.05, 0.1) is 35.9 Å². The minimum absolute atomic E-state index is 0.0264. The van der Waals surface area contributed by atoms with Crippen molar-refractivity contribution in [3.63, 3.8) is 0 Å². The Hall–Kier alpha value is -3.58. The van der Waals surface area contributed by atoms with Crippen molar-refractivity contribution >= 4 is 22.5 Å². The number of methoxy groups -OCH3 is 1. The van der Waals surface area contributed by atoms with Gasteiger partial charge in [0.15, 0.2) is 12.2 Å². The normalized spacial score (nSPS) is 14.0. The van der Waals surface area contributed by atoms with E-state index in [1.165, 1.54) is 55.5 Å². The van der Waals surface area contributed by atoms with E-state index < -0.39 is 36.0 Å². The standard InChI is InChI=1S/C23H17ClF6N4O3/c1-34-11-31-9-17(34)22(35,13-5-6-32-16(8-13)23(28,29)30)12-3-4-15-14(7-12)18(24)19(20(33-15)36-2)37-10-21(25,26)27/h3-9,11,35H,10H2,1-2H3/t22-/m1/s1. The molecule has 0 spiro atoms. The first-order valence-corrected chi connectivity index (χ1v) is 10.7. The van der Waals surface area contributed by atoms with Crippen LogP contribution in [0.15, 0.2) is 49.1 Å². The van der Waals surface area contributed by atoms with E-state index in [4.69, 9.17) is 21.1 Å². The number of halogens is 7. The van der Waals surface area contributed by atoms with Gasteiger partial charge in [0.2, 0.25) is 5.75 Å². The third-order valence-electron chi connectivity index (χ3n) is 5.50. The Morgan fingerprint density at radius 1 is 1.05 bits per heavy atom. The fourth-order valence-electron chi connectivity index (χ4n) is 3.81. The molecule has 0 aliphatic rings. The van der Waals surface area contributed by atoms with Crippen LogP contribution < -0.4 is 9.47 Å². The molecule has 0 saturated carbocycles. The topological polar surface area (TPSA) is 82.3 Å². The van der Waals surface area contributed by atoms with Gasteiger partial charge in [-0.2, -0.15) is 26.3 Å². The van der Waals surface area contributed by atoms with E-state index in [0.717, 1.165) is 6.20 Å². The van der Waals surface area contributed by atoms with Crippen LogP contribution in [-0.2, 0) is 18.8 Å². The van der Waals surface area contributed by atoms with Gasteiger partial charge < -0.3 is 19.1 Å². The van der Waals surface area contributed by atoms with Crippen molar-refractivity contribution in [1.29, 1.82) is 0 Å². The molecule has 7 nitrogen and oxygen atoms in total. The van der Waals surface area contributed by atoms with Crippen molar-refractivity contribution in [3.8, 4) is 11.6 Å². The molecule has 0 aliphatic heterocycles. The Kier molecular flexibility index (Phi) is 6.71. The molecule has 1 atom stereocenters. The molecule has 196 valence electrons. The highest BCUT2D eigenvalue weighted by atomic mass is 35.5. The number of pyridine rings is 2. The van der Waals surface area contributed by atoms with Crippen LogP contribution in [0, 0.1) is 0 Å². The van der Waals surface area contributed by atoms with Crippen molar-refractivity contribution in [2.24, 2.45) is 7.05 Å². The molecular formula is C23H17ClF6N4O3. The Bertz CT molecular complexity index is 1460. The van der Waals surface area contributed by atoms with Gasteiger partial charge in [-0.25, -0.2) is 9.97 Å². The predicted octanol–water partition coefficient (Wildman–Crippen LogP) is 5.27. The first-order chi connectivity index (χ1) is 17.3. The lowest BCUT2D eigenvalue weighted by Crippen LogP contribution is -2.31. The molecule has 3 aromatic heterocycles. The highest BCUT2D eigenvalue weighted by molar-refractivity contribution is 6.37. The third-order valence-corrected chi connectivity index (χ3v) is 5.87. The number of alkyl halides is 6. The number of imidazole rings is 1. The maximum atomic E-state index is 13.4. The lowest BCUT2D eigenvalue weighted by Gasteiger charge is -2.30. The van der Waals surface area contributed by atoms with Crippen LogP contribution >= 0.6 is 11.6 Å². The lowest BCUT2D eigenvalue weighted by molar-refractivity contribution is -0.153. The molecule has 0 aliphatic carbocycles. The first kappa shape index (κ1) is 26.5. The number of ether oxygens (including phenoxy) is 2. The summed E-state index contributed by atoms with van der Waals surface area (Å²) in [6.07, 6.45) is -5.95. The number of aromatic nitrogens is 4. The Morgan fingerprint density at radius 2 is 1.76 bits per heavy atom. The van der Waals surface area contributed by atoms with Crippen LogP contribution in [0.2, 0.25) is 5.02 Å². The summed E-state index contributed by atoms with van der Waals surface area (Å²) < 4.78 is 89.9. The molecular weight excluding hydrogens is 530 g/mol. The van der Waals surface area contributed by atoms with Gasteiger partial charge in [-0.1, -0.05) is 17.7 Å². The Morgan fingerprint density at radius 3 is 2.35 bits per heavy atom. The highest BCUT2D eigenvalue weighted by Crippen LogP contribution is 2.43. The number of benzene rings is 1. The van der Waals surface area contributed by atoms with Crippen molar-refractivity contribution in [2.75, 3.05) is 13.7 Å². The number of hydrogen-bond donors (Lipinski definition) is 1. The molecule has 4 rings (SSSR count). The van der Waals surface area contributed by atoms with E-state index >= 15 is 0 Å². The number of rotatable bonds is 6. The minimum Gasteiger partial charge on any atom is -0.478 e. The van der Waals surface area contributed by atoms with E-state index in [2.05, 4.69) is 15.0 Å². The van der Waals surface area contributed by atoms with Gasteiger partial charge in [0.1, 0.15) is 5.69 Å². The summed E-state index contributed by atoms with van der Waals surface area (Å²) in [7, 11) is 2.70. The fourth-order valence-corrected chi connectivity index (χ4v) is 4.09. The average molecular weight is 547 g/mol. The number of fused-ring (bicyclic) bond motifs is 1. The van der Waals surface area contributed by atoms with Gasteiger partial charge >= 0.3 is 12.4 Å². The minimum atomic E-state index is -4.79. The van der Waals surface area contributed by atoms with Gasteiger partial charge in [0, 0.05) is 18.6 Å². The summed E-state index contributed by atoms with van der Waals surface area (Å²) in [5.74, 6) is -0.793.